The molecule has 9 nitrogen and oxygen atoms in total. The van der Waals surface area contributed by atoms with E-state index in [-0.39, 0.29) is 11.6 Å². The standard InChI is InChI=1S/C16H26N6O3/c1-25-16(24)14-11-22(18-17-14)13-20-9-7-19(8-10-20)12-15(23)21-5-3-2-4-6-21/h11H,2-10,12-13H2,1H3. The van der Waals surface area contributed by atoms with Crippen LogP contribution < -0.4 is 0 Å². The highest BCUT2D eigenvalue weighted by Gasteiger charge is 2.23. The maximum absolute atomic E-state index is 12.3. The number of piperazine rings is 1. The third kappa shape index (κ3) is 4.76. The Morgan fingerprint density at radius 1 is 1.04 bits per heavy atom. The summed E-state index contributed by atoms with van der Waals surface area (Å²) in [7, 11) is 1.33. The van der Waals surface area contributed by atoms with E-state index in [9.17, 15) is 9.59 Å². The van der Waals surface area contributed by atoms with E-state index in [1.807, 2.05) is 4.90 Å². The molecule has 0 aliphatic carbocycles. The summed E-state index contributed by atoms with van der Waals surface area (Å²) in [5, 5.41) is 7.77. The first-order chi connectivity index (χ1) is 12.2. The number of likely N-dealkylation sites (tertiary alicyclic amines) is 1. The lowest BCUT2D eigenvalue weighted by Crippen LogP contribution is -2.50. The van der Waals surface area contributed by atoms with Crippen molar-refractivity contribution in [3.05, 3.63) is 11.9 Å². The summed E-state index contributed by atoms with van der Waals surface area (Å²) in [5.41, 5.74) is 0.216. The van der Waals surface area contributed by atoms with Crippen LogP contribution in [0.15, 0.2) is 6.20 Å². The number of carbonyl (C=O) groups is 2. The number of esters is 1. The molecule has 0 atom stereocenters. The van der Waals surface area contributed by atoms with Crippen LogP contribution >= 0.6 is 0 Å². The van der Waals surface area contributed by atoms with Crippen molar-refractivity contribution in [1.82, 2.24) is 29.7 Å². The average molecular weight is 350 g/mol. The van der Waals surface area contributed by atoms with Crippen molar-refractivity contribution in [1.29, 1.82) is 0 Å². The van der Waals surface area contributed by atoms with Crippen LogP contribution in [0.5, 0.6) is 0 Å². The summed E-state index contributed by atoms with van der Waals surface area (Å²) in [5.74, 6) is -0.223. The molecule has 9 heteroatoms. The molecule has 0 unspecified atom stereocenters. The van der Waals surface area contributed by atoms with E-state index in [0.29, 0.717) is 13.2 Å². The Labute approximate surface area is 147 Å². The lowest BCUT2D eigenvalue weighted by atomic mass is 10.1. The molecule has 1 aromatic rings. The van der Waals surface area contributed by atoms with Crippen molar-refractivity contribution < 1.29 is 14.3 Å². The number of rotatable bonds is 5. The molecule has 0 radical (unpaired) electrons. The second-order valence-electron chi connectivity index (χ2n) is 6.61. The van der Waals surface area contributed by atoms with E-state index in [1.54, 1.807) is 10.9 Å². The van der Waals surface area contributed by atoms with Crippen LogP contribution in [-0.2, 0) is 16.2 Å². The summed E-state index contributed by atoms with van der Waals surface area (Å²) in [6.07, 6.45) is 5.09. The second-order valence-corrected chi connectivity index (χ2v) is 6.61. The zero-order valence-electron chi connectivity index (χ0n) is 14.8. The second kappa shape index (κ2) is 8.39. The van der Waals surface area contributed by atoms with Crippen molar-refractivity contribution >= 4 is 11.9 Å². The van der Waals surface area contributed by atoms with Gasteiger partial charge in [0.05, 0.1) is 26.5 Å². The SMILES string of the molecule is COC(=O)c1cn(CN2CCN(CC(=O)N3CCCCC3)CC2)nn1. The molecular weight excluding hydrogens is 324 g/mol. The Kier molecular flexibility index (Phi) is 5.98. The third-order valence-electron chi connectivity index (χ3n) is 4.81. The van der Waals surface area contributed by atoms with Gasteiger partial charge in [-0.2, -0.15) is 0 Å². The Hall–Kier alpha value is -2.00. The Morgan fingerprint density at radius 2 is 1.72 bits per heavy atom. The molecule has 2 aliphatic heterocycles. The van der Waals surface area contributed by atoms with Crippen molar-refractivity contribution in [3.8, 4) is 0 Å². The van der Waals surface area contributed by atoms with E-state index in [4.69, 9.17) is 0 Å². The normalized spacial score (nSPS) is 19.8. The van der Waals surface area contributed by atoms with Gasteiger partial charge in [0.2, 0.25) is 5.91 Å². The number of aromatic nitrogens is 3. The molecule has 25 heavy (non-hydrogen) atoms. The Bertz CT molecular complexity index is 590. The highest BCUT2D eigenvalue weighted by molar-refractivity contribution is 5.86. The van der Waals surface area contributed by atoms with Gasteiger partial charge in [-0.25, -0.2) is 9.48 Å². The molecule has 2 aliphatic rings. The highest BCUT2D eigenvalue weighted by atomic mass is 16.5. The van der Waals surface area contributed by atoms with Crippen LogP contribution in [-0.4, -0.2) is 94.5 Å². The smallest absolute Gasteiger partial charge is 0.360 e. The summed E-state index contributed by atoms with van der Waals surface area (Å²) < 4.78 is 6.27. The minimum atomic E-state index is -0.479. The molecule has 138 valence electrons. The largest absolute Gasteiger partial charge is 0.464 e. The van der Waals surface area contributed by atoms with Crippen molar-refractivity contribution in [3.63, 3.8) is 0 Å². The molecule has 3 heterocycles. The van der Waals surface area contributed by atoms with Crippen LogP contribution in [0, 0.1) is 0 Å². The number of hydrogen-bond donors (Lipinski definition) is 0. The van der Waals surface area contributed by atoms with E-state index in [0.717, 1.165) is 52.1 Å². The zero-order chi connectivity index (χ0) is 17.6. The Morgan fingerprint density at radius 3 is 2.40 bits per heavy atom. The molecule has 0 aromatic carbocycles. The van der Waals surface area contributed by atoms with E-state index in [2.05, 4.69) is 24.8 Å². The average Bonchev–Trinajstić information content (AvgIpc) is 3.12. The molecule has 0 saturated carbocycles. The van der Waals surface area contributed by atoms with Crippen molar-refractivity contribution in [2.75, 3.05) is 52.9 Å². The van der Waals surface area contributed by atoms with Gasteiger partial charge >= 0.3 is 5.97 Å². The molecule has 3 rings (SSSR count). The predicted octanol–water partition coefficient (Wildman–Crippen LogP) is -0.348. The molecule has 0 spiro atoms. The molecule has 0 N–H and O–H groups in total. The summed E-state index contributed by atoms with van der Waals surface area (Å²) >= 11 is 0. The van der Waals surface area contributed by atoms with Gasteiger partial charge in [0.1, 0.15) is 0 Å². The molecular formula is C16H26N6O3. The molecule has 1 aromatic heterocycles. The number of amides is 1. The lowest BCUT2D eigenvalue weighted by molar-refractivity contribution is -0.133. The highest BCUT2D eigenvalue weighted by Crippen LogP contribution is 2.10. The van der Waals surface area contributed by atoms with Crippen LogP contribution in [0.2, 0.25) is 0 Å². The maximum atomic E-state index is 12.3. The van der Waals surface area contributed by atoms with Gasteiger partial charge in [0.25, 0.3) is 0 Å². The fourth-order valence-electron chi connectivity index (χ4n) is 3.29. The van der Waals surface area contributed by atoms with Crippen LogP contribution in [0.25, 0.3) is 0 Å². The van der Waals surface area contributed by atoms with Crippen LogP contribution in [0.1, 0.15) is 29.8 Å². The van der Waals surface area contributed by atoms with Crippen LogP contribution in [0.4, 0.5) is 0 Å². The number of piperidine rings is 1. The third-order valence-corrected chi connectivity index (χ3v) is 4.81. The summed E-state index contributed by atoms with van der Waals surface area (Å²) in [4.78, 5) is 30.2. The topological polar surface area (TPSA) is 83.8 Å². The molecule has 2 fully saturated rings. The maximum Gasteiger partial charge on any atom is 0.360 e. The minimum Gasteiger partial charge on any atom is -0.464 e. The number of methoxy groups -OCH3 is 1. The zero-order valence-corrected chi connectivity index (χ0v) is 14.8. The van der Waals surface area contributed by atoms with Gasteiger partial charge in [-0.3, -0.25) is 14.6 Å². The predicted molar refractivity (Wildman–Crippen MR) is 89.8 cm³/mol. The van der Waals surface area contributed by atoms with Crippen molar-refractivity contribution in [2.24, 2.45) is 0 Å². The number of ether oxygens (including phenoxy) is 1. The summed E-state index contributed by atoms with van der Waals surface area (Å²) in [6, 6.07) is 0. The summed E-state index contributed by atoms with van der Waals surface area (Å²) in [6.45, 7) is 6.36. The quantitative estimate of drug-likeness (QED) is 0.671. The molecule has 1 amide bonds. The van der Waals surface area contributed by atoms with Crippen molar-refractivity contribution in [2.45, 2.75) is 25.9 Å². The van der Waals surface area contributed by atoms with Gasteiger partial charge in [-0.05, 0) is 19.3 Å². The van der Waals surface area contributed by atoms with Gasteiger partial charge in [-0.15, -0.1) is 5.10 Å². The van der Waals surface area contributed by atoms with Gasteiger partial charge in [-0.1, -0.05) is 5.21 Å². The van der Waals surface area contributed by atoms with E-state index in [1.165, 1.54) is 13.5 Å². The monoisotopic (exact) mass is 350 g/mol. The van der Waals surface area contributed by atoms with E-state index >= 15 is 0 Å². The fourth-order valence-corrected chi connectivity index (χ4v) is 3.29. The molecule has 0 bridgehead atoms. The van der Waals surface area contributed by atoms with Gasteiger partial charge < -0.3 is 9.64 Å². The number of carbonyl (C=O) groups excluding carboxylic acids is 2. The van der Waals surface area contributed by atoms with Gasteiger partial charge in [0, 0.05) is 39.3 Å². The van der Waals surface area contributed by atoms with Gasteiger partial charge in [0.15, 0.2) is 5.69 Å². The Balaban J connectivity index is 1.41. The number of nitrogens with zero attached hydrogens (tertiary/aromatic N) is 6. The first-order valence-corrected chi connectivity index (χ1v) is 8.86. The minimum absolute atomic E-state index is 0.216. The fraction of sp³-hybridized carbons (Fsp3) is 0.750. The number of hydrogen-bond acceptors (Lipinski definition) is 7. The van der Waals surface area contributed by atoms with Crippen LogP contribution in [0.3, 0.4) is 0 Å². The molecule has 2 saturated heterocycles. The first kappa shape index (κ1) is 17.8. The first-order valence-electron chi connectivity index (χ1n) is 8.86. The lowest BCUT2D eigenvalue weighted by Gasteiger charge is -2.35. The van der Waals surface area contributed by atoms with E-state index < -0.39 is 5.97 Å².